The van der Waals surface area contributed by atoms with Crippen LogP contribution in [0.25, 0.3) is 0 Å². The molecule has 2 aliphatic carbocycles. The van der Waals surface area contributed by atoms with Gasteiger partial charge in [-0.2, -0.15) is 0 Å². The summed E-state index contributed by atoms with van der Waals surface area (Å²) in [5, 5.41) is 0. The molecule has 4 heteroatoms. The number of hydrogen-bond acceptors (Lipinski definition) is 2. The first-order valence-electron chi connectivity index (χ1n) is 8.92. The Labute approximate surface area is 140 Å². The van der Waals surface area contributed by atoms with Crippen LogP contribution in [0.5, 0.6) is 0 Å². The maximum absolute atomic E-state index is 13.0. The van der Waals surface area contributed by atoms with E-state index in [1.165, 1.54) is 11.1 Å². The molecule has 0 N–H and O–H groups in total. The van der Waals surface area contributed by atoms with Crippen LogP contribution in [-0.2, 0) is 9.59 Å². The highest BCUT2D eigenvalue weighted by molar-refractivity contribution is 6.07. The Morgan fingerprint density at radius 3 is 1.35 bits per heavy atom. The van der Waals surface area contributed by atoms with Crippen LogP contribution in [0.3, 0.4) is 0 Å². The highest BCUT2D eigenvalue weighted by Gasteiger charge is 2.48. The smallest absolute Gasteiger partial charge is 0.250 e. The number of nitrogens with zero attached hydrogens (tertiary/aromatic N) is 2. The van der Waals surface area contributed by atoms with Crippen molar-refractivity contribution in [2.45, 2.75) is 48.0 Å². The molecule has 0 aliphatic heterocycles. The molecule has 0 aromatic heterocycles. The largest absolute Gasteiger partial charge is 0.339 e. The first-order valence-corrected chi connectivity index (χ1v) is 8.92. The zero-order valence-electron chi connectivity index (χ0n) is 15.4. The maximum Gasteiger partial charge on any atom is 0.250 e. The zero-order chi connectivity index (χ0) is 17.3. The summed E-state index contributed by atoms with van der Waals surface area (Å²) < 4.78 is 0. The lowest BCUT2D eigenvalue weighted by molar-refractivity contribution is -0.130. The van der Waals surface area contributed by atoms with E-state index in [0.29, 0.717) is 26.2 Å². The van der Waals surface area contributed by atoms with Gasteiger partial charge in [-0.15, -0.1) is 0 Å². The van der Waals surface area contributed by atoms with E-state index < -0.39 is 0 Å². The van der Waals surface area contributed by atoms with E-state index >= 15 is 0 Å². The van der Waals surface area contributed by atoms with Gasteiger partial charge in [-0.1, -0.05) is 11.1 Å². The van der Waals surface area contributed by atoms with E-state index in [4.69, 9.17) is 0 Å². The van der Waals surface area contributed by atoms with Crippen LogP contribution in [0, 0.1) is 11.8 Å². The van der Waals surface area contributed by atoms with Crippen molar-refractivity contribution < 1.29 is 9.59 Å². The molecule has 0 heterocycles. The van der Waals surface area contributed by atoms with Crippen molar-refractivity contribution >= 4 is 11.8 Å². The summed E-state index contributed by atoms with van der Waals surface area (Å²) in [7, 11) is 0. The number of allylic oxidation sites excluding steroid dienone is 2. The summed E-state index contributed by atoms with van der Waals surface area (Å²) in [6, 6.07) is 0. The van der Waals surface area contributed by atoms with Crippen molar-refractivity contribution in [2.75, 3.05) is 26.2 Å². The average molecular weight is 318 g/mol. The van der Waals surface area contributed by atoms with Crippen LogP contribution in [0.1, 0.15) is 48.0 Å². The number of carbonyl (C=O) groups excluding carboxylic acids is 2. The van der Waals surface area contributed by atoms with E-state index in [9.17, 15) is 9.59 Å². The summed E-state index contributed by atoms with van der Waals surface area (Å²) in [6.07, 6.45) is 0.905. The molecule has 0 aromatic carbocycles. The molecule has 0 aromatic rings. The summed E-state index contributed by atoms with van der Waals surface area (Å²) in [5.74, 6) is 0.403. The normalized spacial score (nSPS) is 22.9. The van der Waals surface area contributed by atoms with Gasteiger partial charge in [0.2, 0.25) is 0 Å². The van der Waals surface area contributed by atoms with Crippen LogP contribution in [0.2, 0.25) is 0 Å². The standard InChI is InChI=1S/C19H30N2O2/c1-7-20(8-2)18(22)16-14-11-15(13(6)12(14)5)17(16)19(23)21(9-3)10-4/h14-15H,7-11H2,1-6H3. The fourth-order valence-electron chi connectivity index (χ4n) is 4.07. The van der Waals surface area contributed by atoms with E-state index in [1.807, 2.05) is 37.5 Å². The summed E-state index contributed by atoms with van der Waals surface area (Å²) in [5.41, 5.74) is 4.14. The van der Waals surface area contributed by atoms with Crippen LogP contribution >= 0.6 is 0 Å². The van der Waals surface area contributed by atoms with Gasteiger partial charge in [0.25, 0.3) is 11.8 Å². The van der Waals surface area contributed by atoms with Crippen LogP contribution in [0.15, 0.2) is 22.3 Å². The Balaban J connectivity index is 2.49. The van der Waals surface area contributed by atoms with Crippen LogP contribution in [-0.4, -0.2) is 47.8 Å². The van der Waals surface area contributed by atoms with Gasteiger partial charge >= 0.3 is 0 Å². The van der Waals surface area contributed by atoms with E-state index in [0.717, 1.165) is 17.6 Å². The molecule has 2 bridgehead atoms. The highest BCUT2D eigenvalue weighted by atomic mass is 16.2. The summed E-state index contributed by atoms with van der Waals surface area (Å²) in [4.78, 5) is 29.8. The summed E-state index contributed by atoms with van der Waals surface area (Å²) in [6.45, 7) is 15.0. The molecule has 2 atom stereocenters. The molecule has 0 radical (unpaired) electrons. The Morgan fingerprint density at radius 2 is 1.09 bits per heavy atom. The quantitative estimate of drug-likeness (QED) is 0.706. The van der Waals surface area contributed by atoms with Gasteiger partial charge in [-0.25, -0.2) is 0 Å². The number of fused-ring (bicyclic) bond motifs is 2. The van der Waals surface area contributed by atoms with Crippen molar-refractivity contribution in [3.05, 3.63) is 22.3 Å². The second-order valence-electron chi connectivity index (χ2n) is 6.49. The molecule has 2 aliphatic rings. The predicted molar refractivity (Wildman–Crippen MR) is 92.9 cm³/mol. The zero-order valence-corrected chi connectivity index (χ0v) is 15.4. The molecule has 4 nitrogen and oxygen atoms in total. The third-order valence-corrected chi connectivity index (χ3v) is 5.69. The van der Waals surface area contributed by atoms with E-state index in [2.05, 4.69) is 13.8 Å². The van der Waals surface area contributed by atoms with Crippen LogP contribution < -0.4 is 0 Å². The van der Waals surface area contributed by atoms with E-state index in [1.54, 1.807) is 0 Å². The molecular formula is C19H30N2O2. The van der Waals surface area contributed by atoms with Crippen molar-refractivity contribution in [3.63, 3.8) is 0 Å². The Bertz CT molecular complexity index is 518. The topological polar surface area (TPSA) is 40.6 Å². The molecule has 2 amide bonds. The average Bonchev–Trinajstić information content (AvgIpc) is 3.06. The van der Waals surface area contributed by atoms with Crippen molar-refractivity contribution in [3.8, 4) is 0 Å². The minimum Gasteiger partial charge on any atom is -0.339 e. The lowest BCUT2D eigenvalue weighted by atomic mass is 9.86. The first kappa shape index (κ1) is 17.8. The second kappa shape index (κ2) is 6.90. The molecule has 0 saturated heterocycles. The maximum atomic E-state index is 13.0. The molecule has 2 unspecified atom stereocenters. The molecular weight excluding hydrogens is 288 g/mol. The third-order valence-electron chi connectivity index (χ3n) is 5.69. The first-order chi connectivity index (χ1) is 10.9. The van der Waals surface area contributed by atoms with Gasteiger partial charge in [0.15, 0.2) is 0 Å². The predicted octanol–water partition coefficient (Wildman–Crippen LogP) is 3.01. The Hall–Kier alpha value is -1.58. The van der Waals surface area contributed by atoms with Gasteiger partial charge in [-0.3, -0.25) is 9.59 Å². The number of rotatable bonds is 6. The Kier molecular flexibility index (Phi) is 5.33. The monoisotopic (exact) mass is 318 g/mol. The molecule has 0 saturated carbocycles. The van der Waals surface area contributed by atoms with Crippen molar-refractivity contribution in [1.29, 1.82) is 0 Å². The number of amides is 2. The SMILES string of the molecule is CCN(CC)C(=O)C1=C(C(=O)N(CC)CC)C2CC1C(C)=C2C. The van der Waals surface area contributed by atoms with Crippen molar-refractivity contribution in [2.24, 2.45) is 11.8 Å². The lowest BCUT2D eigenvalue weighted by Crippen LogP contribution is -2.38. The molecule has 2 rings (SSSR count). The minimum absolute atomic E-state index is 0.0601. The fourth-order valence-corrected chi connectivity index (χ4v) is 4.07. The van der Waals surface area contributed by atoms with E-state index in [-0.39, 0.29) is 23.7 Å². The molecule has 0 fully saturated rings. The second-order valence-corrected chi connectivity index (χ2v) is 6.49. The van der Waals surface area contributed by atoms with Gasteiger partial charge in [0.05, 0.1) is 0 Å². The molecule has 23 heavy (non-hydrogen) atoms. The van der Waals surface area contributed by atoms with Crippen LogP contribution in [0.4, 0.5) is 0 Å². The number of likely N-dealkylation sites (N-methyl/N-ethyl adjacent to an activating group) is 2. The lowest BCUT2D eigenvalue weighted by Gasteiger charge is -2.28. The van der Waals surface area contributed by atoms with Gasteiger partial charge in [0, 0.05) is 49.2 Å². The van der Waals surface area contributed by atoms with Crippen molar-refractivity contribution in [1.82, 2.24) is 9.80 Å². The number of hydrogen-bond donors (Lipinski definition) is 0. The minimum atomic E-state index is 0.0601. The molecule has 0 spiro atoms. The number of carbonyl (C=O) groups is 2. The summed E-state index contributed by atoms with van der Waals surface area (Å²) >= 11 is 0. The third kappa shape index (κ3) is 2.73. The van der Waals surface area contributed by atoms with Gasteiger partial charge in [0.1, 0.15) is 0 Å². The van der Waals surface area contributed by atoms with Gasteiger partial charge < -0.3 is 9.80 Å². The van der Waals surface area contributed by atoms with Gasteiger partial charge in [-0.05, 0) is 48.0 Å². The highest BCUT2D eigenvalue weighted by Crippen LogP contribution is 2.52. The molecule has 128 valence electrons. The fraction of sp³-hybridized carbons (Fsp3) is 0.684. The Morgan fingerprint density at radius 1 is 0.783 bits per heavy atom.